The Labute approximate surface area is 165 Å². The van der Waals surface area contributed by atoms with Crippen molar-refractivity contribution in [2.45, 2.75) is 38.1 Å². The molecule has 28 heavy (non-hydrogen) atoms. The van der Waals surface area contributed by atoms with Gasteiger partial charge in [-0.2, -0.15) is 5.10 Å². The molecule has 0 unspecified atom stereocenters. The van der Waals surface area contributed by atoms with Crippen molar-refractivity contribution in [2.75, 3.05) is 25.0 Å². The molecule has 3 aromatic rings. The number of nitrogens with zero attached hydrogens (tertiary/aromatic N) is 6. The first-order chi connectivity index (χ1) is 13.8. The van der Waals surface area contributed by atoms with E-state index >= 15 is 0 Å². The quantitative estimate of drug-likeness (QED) is 0.753. The molecule has 2 aliphatic heterocycles. The Bertz CT molecular complexity index is 950. The fraction of sp³-hybridized carbons (Fsp3) is 0.524. The van der Waals surface area contributed by atoms with Crippen LogP contribution < -0.4 is 5.32 Å². The molecule has 0 saturated carbocycles. The van der Waals surface area contributed by atoms with E-state index in [0.717, 1.165) is 35.1 Å². The number of fused-ring (bicyclic) bond motifs is 2. The van der Waals surface area contributed by atoms with E-state index in [2.05, 4.69) is 20.3 Å². The summed E-state index contributed by atoms with van der Waals surface area (Å²) in [5.74, 6) is 2.18. The van der Waals surface area contributed by atoms with Crippen LogP contribution in [0.5, 0.6) is 0 Å². The molecule has 146 valence electrons. The summed E-state index contributed by atoms with van der Waals surface area (Å²) in [7, 11) is 1.92. The lowest BCUT2D eigenvalue weighted by Crippen LogP contribution is -2.49. The summed E-state index contributed by atoms with van der Waals surface area (Å²) in [4.78, 5) is 16.7. The molecule has 0 spiro atoms. The van der Waals surface area contributed by atoms with Gasteiger partial charge >= 0.3 is 0 Å². The van der Waals surface area contributed by atoms with Crippen molar-refractivity contribution in [1.82, 2.24) is 29.6 Å². The normalized spacial score (nSPS) is 22.9. The third-order valence-electron chi connectivity index (χ3n) is 6.25. The van der Waals surface area contributed by atoms with Gasteiger partial charge in [-0.1, -0.05) is 12.5 Å². The van der Waals surface area contributed by atoms with E-state index in [1.54, 1.807) is 10.9 Å². The number of aryl methyl sites for hydroxylation is 1. The molecule has 0 radical (unpaired) electrons. The lowest BCUT2D eigenvalue weighted by Gasteiger charge is -2.44. The SMILES string of the molecule is Cn1ncc2c(NC[C@@H]3CCCN4CCCC[C@H]34)nc(-c3ccccn3)nc21. The molecule has 0 bridgehead atoms. The molecule has 2 saturated heterocycles. The van der Waals surface area contributed by atoms with E-state index in [1.807, 2.05) is 31.4 Å². The first kappa shape index (κ1) is 17.6. The maximum absolute atomic E-state index is 4.82. The van der Waals surface area contributed by atoms with Gasteiger partial charge in [-0.15, -0.1) is 0 Å². The number of hydrogen-bond acceptors (Lipinski definition) is 6. The van der Waals surface area contributed by atoms with Crippen molar-refractivity contribution >= 4 is 16.9 Å². The summed E-state index contributed by atoms with van der Waals surface area (Å²) >= 11 is 0. The van der Waals surface area contributed by atoms with Crippen LogP contribution in [0, 0.1) is 5.92 Å². The van der Waals surface area contributed by atoms with Gasteiger partial charge in [-0.05, 0) is 56.8 Å². The van der Waals surface area contributed by atoms with Gasteiger partial charge in [0, 0.05) is 25.8 Å². The number of piperidine rings is 2. The first-order valence-electron chi connectivity index (χ1n) is 10.4. The van der Waals surface area contributed by atoms with Crippen molar-refractivity contribution in [2.24, 2.45) is 13.0 Å². The number of hydrogen-bond donors (Lipinski definition) is 1. The number of aromatic nitrogens is 5. The lowest BCUT2D eigenvalue weighted by atomic mass is 9.83. The van der Waals surface area contributed by atoms with Crippen LogP contribution in [0.1, 0.15) is 32.1 Å². The molecule has 5 rings (SSSR count). The topological polar surface area (TPSA) is 71.8 Å². The summed E-state index contributed by atoms with van der Waals surface area (Å²) in [6.45, 7) is 3.49. The van der Waals surface area contributed by atoms with Crippen molar-refractivity contribution in [1.29, 1.82) is 0 Å². The Morgan fingerprint density at radius 1 is 1.11 bits per heavy atom. The molecule has 7 heteroatoms. The minimum atomic E-state index is 0.641. The second kappa shape index (κ2) is 7.47. The van der Waals surface area contributed by atoms with Crippen molar-refractivity contribution in [3.05, 3.63) is 30.6 Å². The van der Waals surface area contributed by atoms with E-state index in [9.17, 15) is 0 Å². The maximum atomic E-state index is 4.82. The average Bonchev–Trinajstić information content (AvgIpc) is 3.13. The minimum absolute atomic E-state index is 0.641. The van der Waals surface area contributed by atoms with E-state index in [4.69, 9.17) is 9.97 Å². The third-order valence-corrected chi connectivity index (χ3v) is 6.25. The second-order valence-corrected chi connectivity index (χ2v) is 8.00. The first-order valence-corrected chi connectivity index (χ1v) is 10.4. The van der Waals surface area contributed by atoms with Crippen LogP contribution in [0.2, 0.25) is 0 Å². The number of nitrogens with one attached hydrogen (secondary N) is 1. The smallest absolute Gasteiger partial charge is 0.182 e. The second-order valence-electron chi connectivity index (χ2n) is 8.00. The molecule has 2 aliphatic rings. The highest BCUT2D eigenvalue weighted by atomic mass is 15.3. The molecule has 7 nitrogen and oxygen atoms in total. The highest BCUT2D eigenvalue weighted by molar-refractivity contribution is 5.87. The van der Waals surface area contributed by atoms with Crippen molar-refractivity contribution in [3.63, 3.8) is 0 Å². The van der Waals surface area contributed by atoms with Gasteiger partial charge in [-0.25, -0.2) is 9.97 Å². The summed E-state index contributed by atoms with van der Waals surface area (Å²) in [5.41, 5.74) is 1.62. The minimum Gasteiger partial charge on any atom is -0.369 e. The van der Waals surface area contributed by atoms with Crippen LogP contribution in [0.4, 0.5) is 5.82 Å². The Balaban J connectivity index is 1.43. The van der Waals surface area contributed by atoms with Crippen molar-refractivity contribution in [3.8, 4) is 11.5 Å². The van der Waals surface area contributed by atoms with Crippen LogP contribution in [-0.2, 0) is 7.05 Å². The average molecular weight is 377 g/mol. The molecule has 2 fully saturated rings. The molecular formula is C21H27N7. The van der Waals surface area contributed by atoms with Crippen LogP contribution in [0.3, 0.4) is 0 Å². The van der Waals surface area contributed by atoms with Gasteiger partial charge in [0.25, 0.3) is 0 Å². The third kappa shape index (κ3) is 3.24. The van der Waals surface area contributed by atoms with E-state index in [1.165, 1.54) is 45.2 Å². The molecule has 1 N–H and O–H groups in total. The Morgan fingerprint density at radius 3 is 2.93 bits per heavy atom. The summed E-state index contributed by atoms with van der Waals surface area (Å²) in [6.07, 6.45) is 10.3. The van der Waals surface area contributed by atoms with E-state index < -0.39 is 0 Å². The Hall–Kier alpha value is -2.54. The molecule has 0 amide bonds. The summed E-state index contributed by atoms with van der Waals surface area (Å²) < 4.78 is 1.80. The molecule has 0 aliphatic carbocycles. The lowest BCUT2D eigenvalue weighted by molar-refractivity contribution is 0.0649. The fourth-order valence-electron chi connectivity index (χ4n) is 4.81. The molecule has 0 aromatic carbocycles. The van der Waals surface area contributed by atoms with Crippen LogP contribution in [0.15, 0.2) is 30.6 Å². The van der Waals surface area contributed by atoms with E-state index in [0.29, 0.717) is 11.7 Å². The highest BCUT2D eigenvalue weighted by Gasteiger charge is 2.32. The van der Waals surface area contributed by atoms with Crippen molar-refractivity contribution < 1.29 is 0 Å². The van der Waals surface area contributed by atoms with Gasteiger partial charge in [0.05, 0.1) is 11.6 Å². The largest absolute Gasteiger partial charge is 0.369 e. The summed E-state index contributed by atoms with van der Waals surface area (Å²) in [5, 5.41) is 9.02. The zero-order valence-electron chi connectivity index (χ0n) is 16.4. The Morgan fingerprint density at radius 2 is 2.04 bits per heavy atom. The van der Waals surface area contributed by atoms with E-state index in [-0.39, 0.29) is 0 Å². The standard InChI is InChI=1S/C21H27N7/c1-27-21-16(14-24-27)19(25-20(26-21)17-8-2-4-10-22-17)23-13-15-7-6-12-28-11-5-3-9-18(15)28/h2,4,8,10,14-15,18H,3,5-7,9,11-13H2,1H3,(H,23,25,26)/t15-,18+/m0/s1. The molecule has 3 aromatic heterocycles. The summed E-state index contributed by atoms with van der Waals surface area (Å²) in [6, 6.07) is 6.54. The van der Waals surface area contributed by atoms with Crippen LogP contribution >= 0.6 is 0 Å². The van der Waals surface area contributed by atoms with Crippen LogP contribution in [-0.4, -0.2) is 55.3 Å². The fourth-order valence-corrected chi connectivity index (χ4v) is 4.81. The molecule has 5 heterocycles. The van der Waals surface area contributed by atoms with Crippen LogP contribution in [0.25, 0.3) is 22.6 Å². The zero-order chi connectivity index (χ0) is 18.9. The molecule has 2 atom stereocenters. The van der Waals surface area contributed by atoms with Gasteiger partial charge in [0.1, 0.15) is 11.5 Å². The predicted octanol–water partition coefficient (Wildman–Crippen LogP) is 3.10. The monoisotopic (exact) mass is 377 g/mol. The van der Waals surface area contributed by atoms with Gasteiger partial charge in [0.15, 0.2) is 11.5 Å². The highest BCUT2D eigenvalue weighted by Crippen LogP contribution is 2.31. The number of pyridine rings is 1. The number of rotatable bonds is 4. The zero-order valence-corrected chi connectivity index (χ0v) is 16.4. The van der Waals surface area contributed by atoms with Gasteiger partial charge in [0.2, 0.25) is 0 Å². The van der Waals surface area contributed by atoms with Gasteiger partial charge < -0.3 is 10.2 Å². The molecular weight excluding hydrogens is 350 g/mol. The van der Waals surface area contributed by atoms with Gasteiger partial charge in [-0.3, -0.25) is 9.67 Å². The number of anilines is 1. The predicted molar refractivity (Wildman–Crippen MR) is 110 cm³/mol. The maximum Gasteiger partial charge on any atom is 0.182 e. The Kier molecular flexibility index (Phi) is 4.68.